The molecular weight excluding hydrogens is 376 g/mol. The van der Waals surface area contributed by atoms with Crippen molar-refractivity contribution in [2.45, 2.75) is 19.3 Å². The van der Waals surface area contributed by atoms with E-state index < -0.39 is 23.5 Å². The van der Waals surface area contributed by atoms with Gasteiger partial charge in [0.25, 0.3) is 0 Å². The van der Waals surface area contributed by atoms with Crippen LogP contribution in [-0.2, 0) is 4.79 Å². The average molecular weight is 396 g/mol. The number of rotatable bonds is 6. The molecule has 1 unspecified atom stereocenters. The number of amides is 2. The first-order valence-corrected chi connectivity index (χ1v) is 9.02. The van der Waals surface area contributed by atoms with Crippen LogP contribution in [0, 0.1) is 0 Å². The highest BCUT2D eigenvalue weighted by Gasteiger charge is 2.23. The van der Waals surface area contributed by atoms with Gasteiger partial charge in [-0.2, -0.15) is 0 Å². The number of benzene rings is 2. The van der Waals surface area contributed by atoms with Crippen molar-refractivity contribution in [3.63, 3.8) is 0 Å². The van der Waals surface area contributed by atoms with E-state index in [0.717, 1.165) is 0 Å². The molecule has 0 radical (unpaired) electrons. The number of carboxylic acid groups (broad SMARTS) is 1. The zero-order chi connectivity index (χ0) is 21.0. The van der Waals surface area contributed by atoms with Gasteiger partial charge >= 0.3 is 11.7 Å². The first-order chi connectivity index (χ1) is 13.9. The van der Waals surface area contributed by atoms with Crippen LogP contribution in [0.3, 0.4) is 0 Å². The average Bonchev–Trinajstić information content (AvgIpc) is 2.69. The van der Waals surface area contributed by atoms with E-state index in [2.05, 4.69) is 5.32 Å². The number of hydrogen-bond donors (Lipinski definition) is 4. The summed E-state index contributed by atoms with van der Waals surface area (Å²) >= 11 is 0. The summed E-state index contributed by atoms with van der Waals surface area (Å²) in [5.41, 5.74) is 0.994. The third-order valence-electron chi connectivity index (χ3n) is 4.55. The van der Waals surface area contributed by atoms with Gasteiger partial charge < -0.3 is 25.3 Å². The predicted molar refractivity (Wildman–Crippen MR) is 107 cm³/mol. The molecule has 29 heavy (non-hydrogen) atoms. The molecule has 2 aromatic carbocycles. The number of fused-ring (bicyclic) bond motifs is 1. The Kier molecular flexibility index (Phi) is 5.82. The van der Waals surface area contributed by atoms with Crippen LogP contribution in [0.15, 0.2) is 57.7 Å². The van der Waals surface area contributed by atoms with Gasteiger partial charge in [0.2, 0.25) is 5.91 Å². The largest absolute Gasteiger partial charge is 0.507 e. The third-order valence-corrected chi connectivity index (χ3v) is 4.55. The number of carbonyl (C=O) groups is 2. The summed E-state index contributed by atoms with van der Waals surface area (Å²) in [6, 6.07) is 13.6. The van der Waals surface area contributed by atoms with E-state index in [9.17, 15) is 19.5 Å². The Hall–Kier alpha value is -3.81. The minimum absolute atomic E-state index is 0.121. The Balaban J connectivity index is 1.95. The van der Waals surface area contributed by atoms with Crippen molar-refractivity contribution in [1.82, 2.24) is 5.32 Å². The molecule has 4 N–H and O–H groups in total. The van der Waals surface area contributed by atoms with E-state index in [4.69, 9.17) is 9.52 Å². The van der Waals surface area contributed by atoms with E-state index in [0.29, 0.717) is 28.6 Å². The number of hydrogen-bond acceptors (Lipinski definition) is 5. The lowest BCUT2D eigenvalue weighted by Gasteiger charge is -2.18. The summed E-state index contributed by atoms with van der Waals surface area (Å²) in [6.07, 6.45) is -0.785. The fraction of sp³-hybridized carbons (Fsp3) is 0.190. The number of anilines is 1. The van der Waals surface area contributed by atoms with Gasteiger partial charge in [-0.05, 0) is 36.2 Å². The molecular formula is C21H20N2O6. The highest BCUT2D eigenvalue weighted by atomic mass is 16.4. The first-order valence-electron chi connectivity index (χ1n) is 9.02. The molecule has 1 atom stereocenters. The van der Waals surface area contributed by atoms with Gasteiger partial charge in [-0.25, -0.2) is 9.59 Å². The fourth-order valence-electron chi connectivity index (χ4n) is 3.26. The molecule has 8 nitrogen and oxygen atoms in total. The number of para-hydroxylation sites is 1. The summed E-state index contributed by atoms with van der Waals surface area (Å²) in [5.74, 6) is -1.10. The van der Waals surface area contributed by atoms with E-state index in [1.807, 2.05) is 12.2 Å². The first kappa shape index (κ1) is 19.9. The van der Waals surface area contributed by atoms with Gasteiger partial charge in [0.15, 0.2) is 0 Å². The quantitative estimate of drug-likeness (QED) is 0.474. The van der Waals surface area contributed by atoms with Gasteiger partial charge in [0.1, 0.15) is 17.9 Å². The van der Waals surface area contributed by atoms with Crippen LogP contribution in [0.25, 0.3) is 11.0 Å². The normalized spacial score (nSPS) is 11.8. The van der Waals surface area contributed by atoms with Crippen molar-refractivity contribution in [1.29, 1.82) is 0 Å². The fourth-order valence-corrected chi connectivity index (χ4v) is 3.26. The predicted octanol–water partition coefficient (Wildman–Crippen LogP) is 3.25. The van der Waals surface area contributed by atoms with E-state index in [1.165, 1.54) is 0 Å². The second-order valence-electron chi connectivity index (χ2n) is 6.44. The topological polar surface area (TPSA) is 129 Å². The van der Waals surface area contributed by atoms with Crippen LogP contribution < -0.4 is 16.3 Å². The molecule has 0 aliphatic rings. The van der Waals surface area contributed by atoms with Gasteiger partial charge in [0, 0.05) is 11.6 Å². The maximum atomic E-state index is 12.6. The molecule has 0 spiro atoms. The van der Waals surface area contributed by atoms with Crippen molar-refractivity contribution in [3.8, 4) is 5.75 Å². The van der Waals surface area contributed by atoms with Gasteiger partial charge in [-0.15, -0.1) is 0 Å². The van der Waals surface area contributed by atoms with Gasteiger partial charge in [-0.3, -0.25) is 4.79 Å². The summed E-state index contributed by atoms with van der Waals surface area (Å²) in [7, 11) is 0. The Morgan fingerprint density at radius 3 is 2.62 bits per heavy atom. The highest BCUT2D eigenvalue weighted by Crippen LogP contribution is 2.36. The Morgan fingerprint density at radius 2 is 1.90 bits per heavy atom. The van der Waals surface area contributed by atoms with Crippen LogP contribution in [0.5, 0.6) is 5.75 Å². The van der Waals surface area contributed by atoms with E-state index >= 15 is 0 Å². The van der Waals surface area contributed by atoms with Crippen molar-refractivity contribution < 1.29 is 24.2 Å². The lowest BCUT2D eigenvalue weighted by molar-refractivity contribution is -0.115. The molecule has 3 aromatic rings. The summed E-state index contributed by atoms with van der Waals surface area (Å²) in [6.45, 7) is 1.49. The van der Waals surface area contributed by atoms with Crippen LogP contribution in [-0.4, -0.2) is 28.8 Å². The second-order valence-corrected chi connectivity index (χ2v) is 6.44. The zero-order valence-electron chi connectivity index (χ0n) is 15.6. The molecule has 0 saturated heterocycles. The lowest BCUT2D eigenvalue weighted by atomic mass is 9.88. The maximum Gasteiger partial charge on any atom is 0.405 e. The second kappa shape index (κ2) is 8.47. The van der Waals surface area contributed by atoms with Crippen molar-refractivity contribution in [3.05, 3.63) is 70.1 Å². The molecule has 1 aromatic heterocycles. The summed E-state index contributed by atoms with van der Waals surface area (Å²) < 4.78 is 5.38. The minimum Gasteiger partial charge on any atom is -0.507 e. The molecule has 2 amide bonds. The molecule has 150 valence electrons. The standard InChI is InChI=1S/C21H20N2O6/c1-2-14(18-19(25)15-8-3-4-9-16(15)29-20(18)26)12-6-5-7-13(10-12)23-17(24)11-22-21(27)28/h3-10,14,22,25H,2,11H2,1H3,(H,23,24)(H,27,28). The Morgan fingerprint density at radius 1 is 1.14 bits per heavy atom. The molecule has 3 rings (SSSR count). The minimum atomic E-state index is -1.29. The smallest absolute Gasteiger partial charge is 0.405 e. The van der Waals surface area contributed by atoms with Crippen molar-refractivity contribution in [2.24, 2.45) is 0 Å². The molecule has 0 aliphatic carbocycles. The van der Waals surface area contributed by atoms with Gasteiger partial charge in [-0.1, -0.05) is 31.2 Å². The SMILES string of the molecule is CCC(c1cccc(NC(=O)CNC(=O)O)c1)c1c(O)c2ccccc2oc1=O. The summed E-state index contributed by atoms with van der Waals surface area (Å²) in [5, 5.41) is 24.4. The summed E-state index contributed by atoms with van der Waals surface area (Å²) in [4.78, 5) is 34.9. The zero-order valence-corrected chi connectivity index (χ0v) is 15.6. The molecule has 0 aliphatic heterocycles. The lowest BCUT2D eigenvalue weighted by Crippen LogP contribution is -2.31. The maximum absolute atomic E-state index is 12.6. The van der Waals surface area contributed by atoms with E-state index in [1.54, 1.807) is 48.5 Å². The monoisotopic (exact) mass is 396 g/mol. The Bertz CT molecular complexity index is 1120. The number of nitrogens with one attached hydrogen (secondary N) is 2. The Labute approximate surface area is 165 Å². The number of aromatic hydroxyl groups is 1. The van der Waals surface area contributed by atoms with Crippen LogP contribution in [0.2, 0.25) is 0 Å². The highest BCUT2D eigenvalue weighted by molar-refractivity contribution is 5.93. The number of carbonyl (C=O) groups excluding carboxylic acids is 1. The molecule has 0 fully saturated rings. The molecule has 1 heterocycles. The molecule has 0 bridgehead atoms. The van der Waals surface area contributed by atoms with Crippen LogP contribution in [0.1, 0.15) is 30.4 Å². The molecule has 8 heteroatoms. The van der Waals surface area contributed by atoms with Gasteiger partial charge in [0.05, 0.1) is 10.9 Å². The van der Waals surface area contributed by atoms with E-state index in [-0.39, 0.29) is 17.9 Å². The van der Waals surface area contributed by atoms with Crippen LogP contribution in [0.4, 0.5) is 10.5 Å². The molecule has 0 saturated carbocycles. The van der Waals surface area contributed by atoms with Crippen molar-refractivity contribution in [2.75, 3.05) is 11.9 Å². The van der Waals surface area contributed by atoms with Crippen LogP contribution >= 0.6 is 0 Å². The van der Waals surface area contributed by atoms with Crippen molar-refractivity contribution >= 4 is 28.7 Å². The third kappa shape index (κ3) is 4.37.